The van der Waals surface area contributed by atoms with Gasteiger partial charge in [-0.05, 0) is 11.5 Å². The highest BCUT2D eigenvalue weighted by molar-refractivity contribution is 6.08. The number of nitrogens with one attached hydrogen (secondary N) is 1. The van der Waals surface area contributed by atoms with Crippen LogP contribution in [0.2, 0.25) is 0 Å². The van der Waals surface area contributed by atoms with E-state index in [-0.39, 0.29) is 5.91 Å². The Morgan fingerprint density at radius 1 is 1.06 bits per heavy atom. The highest BCUT2D eigenvalue weighted by Crippen LogP contribution is 2.26. The molecule has 0 saturated carbocycles. The normalized spacial score (nSPS) is 13.9. The van der Waals surface area contributed by atoms with Crippen molar-refractivity contribution in [2.45, 2.75) is 6.54 Å². The first-order valence-corrected chi connectivity index (χ1v) is 5.92. The molecule has 0 radical (unpaired) electrons. The number of carbonyl (C=O) groups is 1. The first-order valence-electron chi connectivity index (χ1n) is 5.92. The minimum Gasteiger partial charge on any atom is -0.346 e. The molecule has 0 spiro atoms. The van der Waals surface area contributed by atoms with Crippen molar-refractivity contribution in [1.29, 1.82) is 0 Å². The van der Waals surface area contributed by atoms with Crippen molar-refractivity contribution in [3.05, 3.63) is 53.7 Å². The number of nitrogens with zero attached hydrogens (tertiary/aromatic N) is 1. The molecule has 0 bridgehead atoms. The third-order valence-corrected chi connectivity index (χ3v) is 3.45. The van der Waals surface area contributed by atoms with Crippen LogP contribution in [0.5, 0.6) is 0 Å². The Hall–Kier alpha value is -2.42. The molecule has 4 rings (SSSR count). The third-order valence-electron chi connectivity index (χ3n) is 3.45. The molecule has 1 aliphatic rings. The Balaban J connectivity index is 2.17. The van der Waals surface area contributed by atoms with Crippen LogP contribution in [0.25, 0.3) is 21.7 Å². The maximum absolute atomic E-state index is 11.6. The van der Waals surface area contributed by atoms with Crippen LogP contribution < -0.4 is 5.32 Å². The number of carbonyl (C=O) groups excluding carboxylic acids is 1. The average Bonchev–Trinajstić information content (AvgIpc) is 2.78. The van der Waals surface area contributed by atoms with Crippen molar-refractivity contribution in [2.75, 3.05) is 0 Å². The van der Waals surface area contributed by atoms with E-state index in [9.17, 15) is 4.79 Å². The van der Waals surface area contributed by atoms with Gasteiger partial charge in [-0.3, -0.25) is 4.79 Å². The lowest BCUT2D eigenvalue weighted by Crippen LogP contribution is -2.12. The fraction of sp³-hybridized carbons (Fsp3) is 0.0667. The Bertz CT molecular complexity index is 808. The van der Waals surface area contributed by atoms with Crippen LogP contribution in [0.4, 0.5) is 0 Å². The molecule has 2 aromatic carbocycles. The summed E-state index contributed by atoms with van der Waals surface area (Å²) < 4.78 is 0. The lowest BCUT2D eigenvalue weighted by Gasteiger charge is -2.04. The number of hydrogen-bond donors (Lipinski definition) is 1. The number of amides is 1. The van der Waals surface area contributed by atoms with E-state index >= 15 is 0 Å². The van der Waals surface area contributed by atoms with E-state index in [1.54, 1.807) is 0 Å². The molecule has 18 heavy (non-hydrogen) atoms. The van der Waals surface area contributed by atoms with Crippen LogP contribution in [0.15, 0.2) is 42.5 Å². The molecule has 1 aromatic heterocycles. The molecule has 1 aliphatic heterocycles. The molecular weight excluding hydrogens is 224 g/mol. The van der Waals surface area contributed by atoms with Crippen molar-refractivity contribution >= 4 is 27.6 Å². The molecule has 86 valence electrons. The zero-order valence-electron chi connectivity index (χ0n) is 9.60. The smallest absolute Gasteiger partial charge is 0.253 e. The molecule has 3 aromatic rings. The molecule has 1 amide bonds. The summed E-state index contributed by atoms with van der Waals surface area (Å²) in [6.45, 7) is 0.535. The first kappa shape index (κ1) is 9.59. The zero-order chi connectivity index (χ0) is 12.1. The fourth-order valence-corrected chi connectivity index (χ4v) is 2.54. The SMILES string of the molecule is O=C1NCc2nc3c(ccc4ccccc43)cc21. The highest BCUT2D eigenvalue weighted by atomic mass is 16.1. The summed E-state index contributed by atoms with van der Waals surface area (Å²) in [6.07, 6.45) is 0. The standard InChI is InChI=1S/C15H10N2O/c18-15-12-7-10-6-5-9-3-1-2-4-11(9)14(10)17-13(12)8-16-15/h1-7H,8H2,(H,16,18). The second-order valence-corrected chi connectivity index (χ2v) is 4.52. The molecule has 3 nitrogen and oxygen atoms in total. The highest BCUT2D eigenvalue weighted by Gasteiger charge is 2.21. The number of pyridine rings is 1. The molecule has 0 fully saturated rings. The van der Waals surface area contributed by atoms with E-state index in [2.05, 4.69) is 28.5 Å². The van der Waals surface area contributed by atoms with E-state index in [1.165, 1.54) is 5.39 Å². The van der Waals surface area contributed by atoms with Gasteiger partial charge in [0.05, 0.1) is 23.3 Å². The lowest BCUT2D eigenvalue weighted by molar-refractivity contribution is 0.0966. The Morgan fingerprint density at radius 2 is 1.89 bits per heavy atom. The number of benzene rings is 2. The Morgan fingerprint density at radius 3 is 2.83 bits per heavy atom. The van der Waals surface area contributed by atoms with Crippen LogP contribution in [-0.4, -0.2) is 10.9 Å². The van der Waals surface area contributed by atoms with Crippen molar-refractivity contribution in [3.63, 3.8) is 0 Å². The lowest BCUT2D eigenvalue weighted by atomic mass is 10.0. The second kappa shape index (κ2) is 3.29. The van der Waals surface area contributed by atoms with Gasteiger partial charge >= 0.3 is 0 Å². The van der Waals surface area contributed by atoms with Crippen LogP contribution in [0.1, 0.15) is 16.1 Å². The summed E-state index contributed by atoms with van der Waals surface area (Å²) in [6, 6.07) is 14.2. The van der Waals surface area contributed by atoms with E-state index in [4.69, 9.17) is 0 Å². The largest absolute Gasteiger partial charge is 0.346 e. The van der Waals surface area contributed by atoms with Crippen LogP contribution >= 0.6 is 0 Å². The second-order valence-electron chi connectivity index (χ2n) is 4.52. The number of rotatable bonds is 0. The van der Waals surface area contributed by atoms with Gasteiger partial charge in [0.15, 0.2) is 0 Å². The van der Waals surface area contributed by atoms with Crippen molar-refractivity contribution in [2.24, 2.45) is 0 Å². The first-order chi connectivity index (χ1) is 8.83. The van der Waals surface area contributed by atoms with Gasteiger partial charge in [-0.1, -0.05) is 36.4 Å². The van der Waals surface area contributed by atoms with Gasteiger partial charge in [0.25, 0.3) is 5.91 Å². The van der Waals surface area contributed by atoms with Gasteiger partial charge in [0.2, 0.25) is 0 Å². The Labute approximate surface area is 103 Å². The minimum atomic E-state index is -0.0208. The Kier molecular flexibility index (Phi) is 1.75. The molecule has 0 aliphatic carbocycles. The number of aromatic nitrogens is 1. The minimum absolute atomic E-state index is 0.0208. The molecule has 0 unspecified atom stereocenters. The van der Waals surface area contributed by atoms with Gasteiger partial charge in [-0.2, -0.15) is 0 Å². The molecular formula is C15H10N2O. The third kappa shape index (κ3) is 1.19. The predicted octanol–water partition coefficient (Wildman–Crippen LogP) is 2.63. The zero-order valence-corrected chi connectivity index (χ0v) is 9.60. The van der Waals surface area contributed by atoms with Gasteiger partial charge in [0, 0.05) is 10.8 Å². The van der Waals surface area contributed by atoms with Gasteiger partial charge in [0.1, 0.15) is 0 Å². The maximum atomic E-state index is 11.6. The van der Waals surface area contributed by atoms with Crippen LogP contribution in [0.3, 0.4) is 0 Å². The molecule has 1 N–H and O–H groups in total. The van der Waals surface area contributed by atoms with Gasteiger partial charge in [-0.15, -0.1) is 0 Å². The van der Waals surface area contributed by atoms with Crippen molar-refractivity contribution < 1.29 is 4.79 Å². The summed E-state index contributed by atoms with van der Waals surface area (Å²) in [5.74, 6) is -0.0208. The summed E-state index contributed by atoms with van der Waals surface area (Å²) in [5, 5.41) is 6.14. The van der Waals surface area contributed by atoms with E-state index in [0.29, 0.717) is 12.1 Å². The number of fused-ring (bicyclic) bond motifs is 4. The van der Waals surface area contributed by atoms with Crippen LogP contribution in [0, 0.1) is 0 Å². The van der Waals surface area contributed by atoms with Crippen molar-refractivity contribution in [1.82, 2.24) is 10.3 Å². The summed E-state index contributed by atoms with van der Waals surface area (Å²) >= 11 is 0. The molecule has 2 heterocycles. The average molecular weight is 234 g/mol. The van der Waals surface area contributed by atoms with Gasteiger partial charge < -0.3 is 5.32 Å². The van der Waals surface area contributed by atoms with Crippen molar-refractivity contribution in [3.8, 4) is 0 Å². The monoisotopic (exact) mass is 234 g/mol. The predicted molar refractivity (Wildman–Crippen MR) is 70.4 cm³/mol. The van der Waals surface area contributed by atoms with E-state index in [1.807, 2.05) is 24.3 Å². The summed E-state index contributed by atoms with van der Waals surface area (Å²) in [5.41, 5.74) is 2.53. The van der Waals surface area contributed by atoms with Crippen LogP contribution in [-0.2, 0) is 6.54 Å². The van der Waals surface area contributed by atoms with E-state index in [0.717, 1.165) is 22.0 Å². The maximum Gasteiger partial charge on any atom is 0.253 e. The van der Waals surface area contributed by atoms with Gasteiger partial charge in [-0.25, -0.2) is 4.98 Å². The summed E-state index contributed by atoms with van der Waals surface area (Å²) in [7, 11) is 0. The summed E-state index contributed by atoms with van der Waals surface area (Å²) in [4.78, 5) is 16.3. The quantitative estimate of drug-likeness (QED) is 0.607. The fourth-order valence-electron chi connectivity index (χ4n) is 2.54. The number of hydrogen-bond acceptors (Lipinski definition) is 2. The molecule has 0 atom stereocenters. The van der Waals surface area contributed by atoms with E-state index < -0.39 is 0 Å². The molecule has 3 heteroatoms. The topological polar surface area (TPSA) is 42.0 Å². The molecule has 0 saturated heterocycles.